The zero-order valence-electron chi connectivity index (χ0n) is 27.1. The molecule has 7 rings (SSSR count). The number of rotatable bonds is 5. The molecule has 2 fully saturated rings. The number of alkyl halides is 6. The molecule has 0 unspecified atom stereocenters. The normalized spacial score (nSPS) is 28.3. The third kappa shape index (κ3) is 4.66. The van der Waals surface area contributed by atoms with Gasteiger partial charge in [0, 0.05) is 34.2 Å². The van der Waals surface area contributed by atoms with E-state index in [1.165, 1.54) is 0 Å². The number of aromatic nitrogens is 4. The highest BCUT2D eigenvalue weighted by atomic mass is 19.4. The first-order valence-corrected chi connectivity index (χ1v) is 16.0. The van der Waals surface area contributed by atoms with Gasteiger partial charge in [-0.2, -0.15) is 26.3 Å². The quantitative estimate of drug-likeness (QED) is 0.290. The maximum Gasteiger partial charge on any atom is 0.408 e. The van der Waals surface area contributed by atoms with E-state index < -0.39 is 36.6 Å². The molecule has 0 aliphatic heterocycles. The summed E-state index contributed by atoms with van der Waals surface area (Å²) < 4.78 is 80.3. The fourth-order valence-corrected chi connectivity index (χ4v) is 9.36. The molecule has 1 N–H and O–H groups in total. The highest BCUT2D eigenvalue weighted by Crippen LogP contribution is 2.67. The summed E-state index contributed by atoms with van der Waals surface area (Å²) in [7, 11) is 0. The first-order chi connectivity index (χ1) is 21.1. The summed E-state index contributed by atoms with van der Waals surface area (Å²) in [5.41, 5.74) is 2.24. The van der Waals surface area contributed by atoms with Crippen molar-refractivity contribution in [3.63, 3.8) is 0 Å². The van der Waals surface area contributed by atoms with Gasteiger partial charge in [0.1, 0.15) is 13.1 Å². The average molecular weight is 653 g/mol. The van der Waals surface area contributed by atoms with Crippen molar-refractivity contribution in [1.29, 1.82) is 0 Å². The van der Waals surface area contributed by atoms with Crippen molar-refractivity contribution in [2.75, 3.05) is 0 Å². The summed E-state index contributed by atoms with van der Waals surface area (Å²) in [6, 6.07) is 9.69. The van der Waals surface area contributed by atoms with Gasteiger partial charge in [-0.3, -0.25) is 19.4 Å². The van der Waals surface area contributed by atoms with Crippen LogP contribution in [0.3, 0.4) is 0 Å². The molecular weight excluding hydrogens is 610 g/mol. The van der Waals surface area contributed by atoms with E-state index in [0.717, 1.165) is 52.0 Å². The van der Waals surface area contributed by atoms with Crippen LogP contribution in [0.1, 0.15) is 107 Å². The van der Waals surface area contributed by atoms with Crippen LogP contribution in [0.15, 0.2) is 39.9 Å². The van der Waals surface area contributed by atoms with Gasteiger partial charge in [-0.05, 0) is 60.3 Å². The van der Waals surface area contributed by atoms with Gasteiger partial charge in [0.25, 0.3) is 11.1 Å². The molecule has 252 valence electrons. The Balaban J connectivity index is 0.000000172. The lowest BCUT2D eigenvalue weighted by Crippen LogP contribution is -2.38. The highest BCUT2D eigenvalue weighted by Gasteiger charge is 2.63. The van der Waals surface area contributed by atoms with Crippen molar-refractivity contribution in [2.45, 2.75) is 128 Å². The second-order valence-electron chi connectivity index (χ2n) is 15.3. The lowest BCUT2D eigenvalue weighted by molar-refractivity contribution is -0.145. The largest absolute Gasteiger partial charge is 0.408 e. The number of hydrogen-bond donors (Lipinski definition) is 1. The fourth-order valence-electron chi connectivity index (χ4n) is 9.36. The molecular formula is C34H42F6N4O2. The van der Waals surface area contributed by atoms with E-state index >= 15 is 0 Å². The van der Waals surface area contributed by atoms with Crippen molar-refractivity contribution in [3.8, 4) is 0 Å². The Hall–Kier alpha value is -3.18. The second kappa shape index (κ2) is 10.2. The summed E-state index contributed by atoms with van der Waals surface area (Å²) in [5, 5.41) is 2.73. The Bertz CT molecular complexity index is 1770. The summed E-state index contributed by atoms with van der Waals surface area (Å²) in [6.45, 7) is 10.6. The van der Waals surface area contributed by atoms with E-state index in [0.29, 0.717) is 24.1 Å². The van der Waals surface area contributed by atoms with Gasteiger partial charge in [0.05, 0.1) is 5.69 Å². The fraction of sp³-hybridized carbons (Fsp3) is 0.647. The molecule has 4 bridgehead atoms. The second-order valence-corrected chi connectivity index (χ2v) is 15.3. The van der Waals surface area contributed by atoms with E-state index in [1.807, 2.05) is 37.3 Å². The maximum absolute atomic E-state index is 13.2. The van der Waals surface area contributed by atoms with Crippen LogP contribution in [-0.2, 0) is 36.9 Å². The standard InChI is InChI=1S/C21H25F3N2O.C13H17F3N2O/c1-19(2)15-9-11-20(19,3)17-16(15)18(27)26(13-21(22,23)24)25(17)12-10-14-7-5-4-6-8-14;1-11(2)7-4-5-12(11,3)9-8(7)10(19)18(17-9)6-13(14,15)16/h4-8,15H,9-13H2,1-3H3;7,17H,4-6H2,1-3H3/t15-,20+;7-,12+/m11/s1. The molecule has 2 heterocycles. The number of hydrogen-bond acceptors (Lipinski definition) is 2. The van der Waals surface area contributed by atoms with Crippen LogP contribution in [0.2, 0.25) is 0 Å². The van der Waals surface area contributed by atoms with E-state index in [9.17, 15) is 35.9 Å². The molecule has 0 saturated heterocycles. The van der Waals surface area contributed by atoms with E-state index in [1.54, 1.807) is 4.68 Å². The minimum Gasteiger partial charge on any atom is -0.299 e. The Morgan fingerprint density at radius 1 is 0.739 bits per heavy atom. The molecule has 6 nitrogen and oxygen atoms in total. The maximum atomic E-state index is 13.2. The lowest BCUT2D eigenvalue weighted by Gasteiger charge is -2.36. The van der Waals surface area contributed by atoms with Gasteiger partial charge in [-0.1, -0.05) is 71.9 Å². The minimum absolute atomic E-state index is 0.0439. The Kier molecular flexibility index (Phi) is 7.23. The zero-order chi connectivity index (χ0) is 33.8. The Labute approximate surface area is 263 Å². The molecule has 4 atom stereocenters. The van der Waals surface area contributed by atoms with E-state index in [4.69, 9.17) is 0 Å². The molecule has 2 aromatic heterocycles. The number of fused-ring (bicyclic) bond motifs is 10. The van der Waals surface area contributed by atoms with Gasteiger partial charge in [-0.25, -0.2) is 9.36 Å². The minimum atomic E-state index is -4.42. The molecule has 0 amide bonds. The monoisotopic (exact) mass is 652 g/mol. The first kappa shape index (κ1) is 32.7. The molecule has 46 heavy (non-hydrogen) atoms. The van der Waals surface area contributed by atoms with Gasteiger partial charge in [-0.15, -0.1) is 0 Å². The van der Waals surface area contributed by atoms with Crippen LogP contribution in [-0.4, -0.2) is 31.5 Å². The van der Waals surface area contributed by atoms with Crippen LogP contribution in [0.25, 0.3) is 0 Å². The number of benzene rings is 1. The van der Waals surface area contributed by atoms with Crippen LogP contribution in [0, 0.1) is 10.8 Å². The molecule has 0 radical (unpaired) electrons. The highest BCUT2D eigenvalue weighted by molar-refractivity contribution is 5.46. The number of aromatic amines is 1. The average Bonchev–Trinajstić information content (AvgIpc) is 3.64. The van der Waals surface area contributed by atoms with Gasteiger partial charge >= 0.3 is 12.4 Å². The topological polar surface area (TPSA) is 64.7 Å². The van der Waals surface area contributed by atoms with Crippen molar-refractivity contribution in [2.24, 2.45) is 10.8 Å². The van der Waals surface area contributed by atoms with Crippen molar-refractivity contribution in [3.05, 3.63) is 79.1 Å². The third-order valence-electron chi connectivity index (χ3n) is 12.6. The van der Waals surface area contributed by atoms with Crippen molar-refractivity contribution < 1.29 is 26.3 Å². The van der Waals surface area contributed by atoms with Crippen LogP contribution >= 0.6 is 0 Å². The molecule has 4 aliphatic rings. The molecule has 1 aromatic carbocycles. The SMILES string of the molecule is CC1(C)[C@@H]2CC[C@@]1(C)c1[nH]n(CC(F)(F)F)c(=O)c12.CC1(C)[C@@H]2CC[C@@]1(C)c1c2c(=O)n(CC(F)(F)F)n1CCc1ccccc1. The van der Waals surface area contributed by atoms with Gasteiger partial charge in [0.2, 0.25) is 0 Å². The number of nitrogens with zero attached hydrogens (tertiary/aromatic N) is 3. The number of nitrogens with one attached hydrogen (secondary N) is 1. The number of H-pyrrole nitrogens is 1. The number of aryl methyl sites for hydroxylation is 1. The molecule has 12 heteroatoms. The zero-order valence-corrected chi connectivity index (χ0v) is 27.1. The Morgan fingerprint density at radius 3 is 1.85 bits per heavy atom. The molecule has 2 saturated carbocycles. The van der Waals surface area contributed by atoms with Crippen LogP contribution in [0.5, 0.6) is 0 Å². The lowest BCUT2D eigenvalue weighted by atomic mass is 9.70. The molecule has 3 aromatic rings. The van der Waals surface area contributed by atoms with Crippen LogP contribution < -0.4 is 11.1 Å². The third-order valence-corrected chi connectivity index (χ3v) is 12.6. The van der Waals surface area contributed by atoms with Crippen LogP contribution in [0.4, 0.5) is 26.3 Å². The predicted octanol–water partition coefficient (Wildman–Crippen LogP) is 7.54. The van der Waals surface area contributed by atoms with E-state index in [-0.39, 0.29) is 33.5 Å². The molecule has 4 aliphatic carbocycles. The number of halogens is 6. The summed E-state index contributed by atoms with van der Waals surface area (Å²) >= 11 is 0. The van der Waals surface area contributed by atoms with E-state index in [2.05, 4.69) is 39.7 Å². The predicted molar refractivity (Wildman–Crippen MR) is 162 cm³/mol. The van der Waals surface area contributed by atoms with Crippen molar-refractivity contribution >= 4 is 0 Å². The molecule has 0 spiro atoms. The van der Waals surface area contributed by atoms with Crippen molar-refractivity contribution in [1.82, 2.24) is 19.1 Å². The summed E-state index contributed by atoms with van der Waals surface area (Å²) in [4.78, 5) is 25.2. The van der Waals surface area contributed by atoms with Gasteiger partial charge < -0.3 is 0 Å². The Morgan fingerprint density at radius 2 is 1.28 bits per heavy atom. The summed E-state index contributed by atoms with van der Waals surface area (Å²) in [5.74, 6) is 0.119. The smallest absolute Gasteiger partial charge is 0.299 e. The first-order valence-electron chi connectivity index (χ1n) is 16.0. The summed E-state index contributed by atoms with van der Waals surface area (Å²) in [6.07, 6.45) is -4.60. The van der Waals surface area contributed by atoms with Gasteiger partial charge in [0.15, 0.2) is 0 Å².